The molecule has 26 heavy (non-hydrogen) atoms. The topological polar surface area (TPSA) is 69.7 Å². The predicted octanol–water partition coefficient (Wildman–Crippen LogP) is 4.13. The van der Waals surface area contributed by atoms with E-state index in [1.807, 2.05) is 13.8 Å². The summed E-state index contributed by atoms with van der Waals surface area (Å²) in [5.74, 6) is -3.44. The molecule has 1 aliphatic rings. The summed E-state index contributed by atoms with van der Waals surface area (Å²) in [4.78, 5) is 11.7. The summed E-state index contributed by atoms with van der Waals surface area (Å²) < 4.78 is 83.6. The normalized spacial score (nSPS) is 20.0. The van der Waals surface area contributed by atoms with E-state index in [9.17, 15) is 30.8 Å². The van der Waals surface area contributed by atoms with E-state index in [1.165, 1.54) is 0 Å². The van der Waals surface area contributed by atoms with Gasteiger partial charge in [0.15, 0.2) is 0 Å². The van der Waals surface area contributed by atoms with Gasteiger partial charge in [0.2, 0.25) is 0 Å². The van der Waals surface area contributed by atoms with Crippen LogP contribution in [0.2, 0.25) is 0 Å². The van der Waals surface area contributed by atoms with Crippen molar-refractivity contribution in [2.45, 2.75) is 44.5 Å². The molecule has 1 atom stereocenters. The van der Waals surface area contributed by atoms with E-state index < -0.39 is 50.1 Å². The minimum Gasteiger partial charge on any atom is -0.465 e. The number of methoxy groups -OCH3 is 1. The SMILES string of the molecule is COC(=O)c1cc([C@H]2CCCC2(C)C)c(OS(=O)(=O)C(F)(F)F)cc1F. The van der Waals surface area contributed by atoms with Crippen LogP contribution >= 0.6 is 0 Å². The van der Waals surface area contributed by atoms with Crippen molar-refractivity contribution in [1.82, 2.24) is 0 Å². The van der Waals surface area contributed by atoms with Crippen molar-refractivity contribution >= 4 is 16.1 Å². The fourth-order valence-corrected chi connectivity index (χ4v) is 3.73. The van der Waals surface area contributed by atoms with Crippen molar-refractivity contribution in [3.05, 3.63) is 29.1 Å². The Labute approximate surface area is 148 Å². The maximum atomic E-state index is 14.2. The fourth-order valence-electron chi connectivity index (χ4n) is 3.25. The molecule has 0 aliphatic heterocycles. The summed E-state index contributed by atoms with van der Waals surface area (Å²) in [7, 11) is -4.95. The van der Waals surface area contributed by atoms with E-state index in [4.69, 9.17) is 0 Å². The monoisotopic (exact) mass is 398 g/mol. The summed E-state index contributed by atoms with van der Waals surface area (Å²) in [6.45, 7) is 3.71. The van der Waals surface area contributed by atoms with E-state index >= 15 is 0 Å². The molecule has 2 rings (SSSR count). The van der Waals surface area contributed by atoms with Crippen LogP contribution in [-0.4, -0.2) is 27.0 Å². The fraction of sp³-hybridized carbons (Fsp3) is 0.562. The third-order valence-corrected chi connectivity index (χ3v) is 5.59. The molecule has 0 N–H and O–H groups in total. The van der Waals surface area contributed by atoms with Gasteiger partial charge >= 0.3 is 21.6 Å². The molecule has 0 aromatic heterocycles. The van der Waals surface area contributed by atoms with Crippen LogP contribution in [0.25, 0.3) is 0 Å². The molecule has 1 saturated carbocycles. The molecule has 1 aliphatic carbocycles. The third kappa shape index (κ3) is 3.79. The zero-order valence-electron chi connectivity index (χ0n) is 14.3. The third-order valence-electron chi connectivity index (χ3n) is 4.62. The maximum absolute atomic E-state index is 14.2. The predicted molar refractivity (Wildman–Crippen MR) is 83.7 cm³/mol. The van der Waals surface area contributed by atoms with Gasteiger partial charge in [-0.2, -0.15) is 21.6 Å². The highest BCUT2D eigenvalue weighted by molar-refractivity contribution is 7.88. The molecule has 0 radical (unpaired) electrons. The number of hydrogen-bond acceptors (Lipinski definition) is 5. The van der Waals surface area contributed by atoms with Crippen molar-refractivity contribution in [1.29, 1.82) is 0 Å². The molecule has 1 aromatic carbocycles. The molecule has 10 heteroatoms. The zero-order valence-corrected chi connectivity index (χ0v) is 15.1. The molecule has 0 spiro atoms. The van der Waals surface area contributed by atoms with E-state index in [2.05, 4.69) is 8.92 Å². The van der Waals surface area contributed by atoms with Gasteiger partial charge in [0.05, 0.1) is 12.7 Å². The lowest BCUT2D eigenvalue weighted by Crippen LogP contribution is -2.29. The first-order valence-corrected chi connectivity index (χ1v) is 9.13. The summed E-state index contributed by atoms with van der Waals surface area (Å²) in [5, 5.41) is 0. The average molecular weight is 398 g/mol. The number of rotatable bonds is 4. The first-order valence-electron chi connectivity index (χ1n) is 7.72. The second-order valence-corrected chi connectivity index (χ2v) is 8.32. The van der Waals surface area contributed by atoms with Gasteiger partial charge in [-0.25, -0.2) is 9.18 Å². The van der Waals surface area contributed by atoms with E-state index in [0.717, 1.165) is 26.0 Å². The Bertz CT molecular complexity index is 815. The van der Waals surface area contributed by atoms with Gasteiger partial charge in [-0.05, 0) is 30.2 Å². The molecule has 5 nitrogen and oxygen atoms in total. The van der Waals surface area contributed by atoms with Gasteiger partial charge in [0.1, 0.15) is 11.6 Å². The second kappa shape index (κ2) is 6.71. The quantitative estimate of drug-likeness (QED) is 0.330. The smallest absolute Gasteiger partial charge is 0.465 e. The Hall–Kier alpha value is -1.84. The number of ether oxygens (including phenoxy) is 1. The number of carbonyl (C=O) groups excluding carboxylic acids is 1. The highest BCUT2D eigenvalue weighted by atomic mass is 32.2. The van der Waals surface area contributed by atoms with Crippen LogP contribution in [0.15, 0.2) is 12.1 Å². The lowest BCUT2D eigenvalue weighted by Gasteiger charge is -2.29. The molecular formula is C16H18F4O5S. The van der Waals surface area contributed by atoms with Crippen molar-refractivity contribution in [2.75, 3.05) is 7.11 Å². The Morgan fingerprint density at radius 2 is 1.88 bits per heavy atom. The molecule has 0 unspecified atom stereocenters. The highest BCUT2D eigenvalue weighted by Gasteiger charge is 2.49. The minimum atomic E-state index is -5.98. The van der Waals surface area contributed by atoms with Crippen LogP contribution in [0.3, 0.4) is 0 Å². The van der Waals surface area contributed by atoms with Gasteiger partial charge < -0.3 is 8.92 Å². The molecule has 1 fully saturated rings. The number of benzene rings is 1. The molecule has 0 bridgehead atoms. The minimum absolute atomic E-state index is 0.0297. The number of halogens is 4. The number of carbonyl (C=O) groups is 1. The lowest BCUT2D eigenvalue weighted by molar-refractivity contribution is -0.0500. The van der Waals surface area contributed by atoms with Crippen LogP contribution in [0.1, 0.15) is 54.9 Å². The van der Waals surface area contributed by atoms with Crippen LogP contribution in [0.5, 0.6) is 5.75 Å². The highest BCUT2D eigenvalue weighted by Crippen LogP contribution is 2.51. The van der Waals surface area contributed by atoms with E-state index in [1.54, 1.807) is 0 Å². The largest absolute Gasteiger partial charge is 0.534 e. The molecule has 1 aromatic rings. The Morgan fingerprint density at radius 3 is 2.35 bits per heavy atom. The van der Waals surface area contributed by atoms with Crippen molar-refractivity contribution in [3.63, 3.8) is 0 Å². The van der Waals surface area contributed by atoms with Crippen LogP contribution in [0.4, 0.5) is 17.6 Å². The van der Waals surface area contributed by atoms with Crippen LogP contribution in [-0.2, 0) is 14.9 Å². The number of alkyl halides is 3. The van der Waals surface area contributed by atoms with Gasteiger partial charge in [-0.1, -0.05) is 20.3 Å². The Kier molecular flexibility index (Phi) is 5.29. The standard InChI is InChI=1S/C16H18F4O5S/c1-15(2)6-4-5-11(15)9-7-10(14(21)24-3)12(17)8-13(9)25-26(22,23)16(18,19)20/h7-8,11H,4-6H2,1-3H3/t11-/m1/s1. The van der Waals surface area contributed by atoms with Crippen LogP contribution in [0, 0.1) is 11.2 Å². The summed E-state index contributed by atoms with van der Waals surface area (Å²) in [6.07, 6.45) is 2.00. The Morgan fingerprint density at radius 1 is 1.27 bits per heavy atom. The van der Waals surface area contributed by atoms with Crippen molar-refractivity contribution < 1.29 is 39.7 Å². The number of esters is 1. The van der Waals surface area contributed by atoms with Crippen molar-refractivity contribution in [2.24, 2.45) is 5.41 Å². The van der Waals surface area contributed by atoms with Gasteiger partial charge in [0.25, 0.3) is 0 Å². The first-order chi connectivity index (χ1) is 11.8. The summed E-state index contributed by atoms with van der Waals surface area (Å²) in [6, 6.07) is 1.50. The van der Waals surface area contributed by atoms with Crippen molar-refractivity contribution in [3.8, 4) is 5.75 Å². The van der Waals surface area contributed by atoms with Crippen LogP contribution < -0.4 is 4.18 Å². The summed E-state index contributed by atoms with van der Waals surface area (Å²) >= 11 is 0. The summed E-state index contributed by atoms with van der Waals surface area (Å²) in [5.41, 5.74) is -6.53. The average Bonchev–Trinajstić information content (AvgIpc) is 2.84. The molecular weight excluding hydrogens is 380 g/mol. The number of hydrogen-bond donors (Lipinski definition) is 0. The van der Waals surface area contributed by atoms with Gasteiger partial charge in [-0.15, -0.1) is 0 Å². The van der Waals surface area contributed by atoms with Gasteiger partial charge in [0, 0.05) is 11.6 Å². The molecule has 0 heterocycles. The second-order valence-electron chi connectivity index (χ2n) is 6.78. The molecule has 0 amide bonds. The first kappa shape index (κ1) is 20.5. The van der Waals surface area contributed by atoms with Gasteiger partial charge in [-0.3, -0.25) is 0 Å². The molecule has 0 saturated heterocycles. The van der Waals surface area contributed by atoms with E-state index in [-0.39, 0.29) is 5.56 Å². The Balaban J connectivity index is 2.63. The zero-order chi connectivity index (χ0) is 19.9. The molecule has 146 valence electrons. The van der Waals surface area contributed by atoms with E-state index in [0.29, 0.717) is 12.5 Å². The maximum Gasteiger partial charge on any atom is 0.534 e. The lowest BCUT2D eigenvalue weighted by atomic mass is 9.77.